The summed E-state index contributed by atoms with van der Waals surface area (Å²) in [5.41, 5.74) is 2.64. The highest BCUT2D eigenvalue weighted by atomic mass is 35.5. The molecule has 0 aliphatic carbocycles. The van der Waals surface area contributed by atoms with Crippen molar-refractivity contribution in [2.24, 2.45) is 0 Å². The average Bonchev–Trinajstić information content (AvgIpc) is 2.75. The Morgan fingerprint density at radius 2 is 1.90 bits per heavy atom. The molecular weight excluding hydrogens is 438 g/mol. The van der Waals surface area contributed by atoms with Crippen molar-refractivity contribution in [1.82, 2.24) is 10.3 Å². The van der Waals surface area contributed by atoms with E-state index in [2.05, 4.69) is 15.6 Å². The van der Waals surface area contributed by atoms with Crippen LogP contribution in [0.15, 0.2) is 65.8 Å². The molecule has 1 heterocycles. The van der Waals surface area contributed by atoms with Crippen molar-refractivity contribution in [2.75, 3.05) is 12.4 Å². The van der Waals surface area contributed by atoms with Crippen LogP contribution >= 0.6 is 11.6 Å². The summed E-state index contributed by atoms with van der Waals surface area (Å²) in [6.07, 6.45) is 3.32. The number of amides is 2. The Morgan fingerprint density at radius 3 is 2.55 bits per heavy atom. The molecule has 1 aromatic heterocycles. The van der Waals surface area contributed by atoms with E-state index >= 15 is 0 Å². The number of nitrogens with zero attached hydrogens (tertiary/aromatic N) is 1. The summed E-state index contributed by atoms with van der Waals surface area (Å²) >= 11 is 6.10. The molecule has 0 bridgehead atoms. The van der Waals surface area contributed by atoms with Crippen LogP contribution in [0, 0.1) is 6.92 Å². The topological polar surface area (TPSA) is 97.4 Å². The van der Waals surface area contributed by atoms with Crippen molar-refractivity contribution in [3.8, 4) is 5.75 Å². The molecule has 0 atom stereocenters. The van der Waals surface area contributed by atoms with Crippen molar-refractivity contribution < 1.29 is 17.9 Å². The van der Waals surface area contributed by atoms with Crippen molar-refractivity contribution in [3.05, 3.63) is 82.6 Å². The van der Waals surface area contributed by atoms with Crippen LogP contribution in [0.5, 0.6) is 5.75 Å². The van der Waals surface area contributed by atoms with Crippen molar-refractivity contribution in [3.63, 3.8) is 0 Å². The van der Waals surface area contributed by atoms with Crippen molar-refractivity contribution in [1.29, 1.82) is 0 Å². The number of methoxy groups -OCH3 is 1. The molecule has 9 heteroatoms. The van der Waals surface area contributed by atoms with Crippen LogP contribution in [-0.4, -0.2) is 26.5 Å². The van der Waals surface area contributed by atoms with Gasteiger partial charge in [-0.1, -0.05) is 17.7 Å². The third-order valence-corrected chi connectivity index (χ3v) is 6.64. The first-order chi connectivity index (χ1) is 14.8. The number of pyridine rings is 1. The van der Waals surface area contributed by atoms with Gasteiger partial charge in [-0.05, 0) is 60.5 Å². The van der Waals surface area contributed by atoms with Crippen molar-refractivity contribution >= 4 is 33.2 Å². The predicted octanol–water partition coefficient (Wildman–Crippen LogP) is 4.35. The van der Waals surface area contributed by atoms with Crippen LogP contribution in [0.25, 0.3) is 0 Å². The molecule has 0 saturated carbocycles. The van der Waals surface area contributed by atoms with Gasteiger partial charge in [0.1, 0.15) is 5.75 Å². The third-order valence-electron chi connectivity index (χ3n) is 4.55. The number of hydrogen-bond acceptors (Lipinski definition) is 5. The van der Waals surface area contributed by atoms with Crippen LogP contribution < -0.4 is 15.4 Å². The van der Waals surface area contributed by atoms with Gasteiger partial charge < -0.3 is 15.4 Å². The standard InChI is InChI=1S/C22H22ClN3O4S/c1-15-10-17(21(30-2)11-20(15)23)14-31(28,29)19-7-5-18(6-8-19)26-22(27)25-13-16-4-3-9-24-12-16/h3-12H,13-14H2,1-2H3,(H2,25,26,27). The number of carbonyl (C=O) groups excluding carboxylic acids is 1. The molecule has 0 radical (unpaired) electrons. The monoisotopic (exact) mass is 459 g/mol. The van der Waals surface area contributed by atoms with Crippen LogP contribution in [-0.2, 0) is 22.1 Å². The fourth-order valence-electron chi connectivity index (χ4n) is 2.92. The number of nitrogens with one attached hydrogen (secondary N) is 2. The summed E-state index contributed by atoms with van der Waals surface area (Å²) in [6, 6.07) is 12.6. The zero-order valence-corrected chi connectivity index (χ0v) is 18.6. The fourth-order valence-corrected chi connectivity index (χ4v) is 4.43. The molecule has 2 N–H and O–H groups in total. The Bertz CT molecular complexity index is 1170. The summed E-state index contributed by atoms with van der Waals surface area (Å²) in [6.45, 7) is 2.13. The largest absolute Gasteiger partial charge is 0.496 e. The molecule has 0 aliphatic heterocycles. The molecule has 3 rings (SSSR count). The van der Waals surface area contributed by atoms with E-state index < -0.39 is 15.9 Å². The molecule has 0 saturated heterocycles. The summed E-state index contributed by atoms with van der Waals surface area (Å²) in [7, 11) is -2.16. The maximum absolute atomic E-state index is 12.9. The van der Waals surface area contributed by atoms with Crippen LogP contribution in [0.4, 0.5) is 10.5 Å². The van der Waals surface area contributed by atoms with Gasteiger partial charge in [-0.2, -0.15) is 0 Å². The molecule has 0 unspecified atom stereocenters. The number of halogens is 1. The number of aromatic nitrogens is 1. The van der Waals surface area contributed by atoms with Crippen LogP contribution in [0.1, 0.15) is 16.7 Å². The number of rotatable bonds is 7. The summed E-state index contributed by atoms with van der Waals surface area (Å²) in [4.78, 5) is 16.2. The van der Waals surface area contributed by atoms with Gasteiger partial charge in [0, 0.05) is 35.2 Å². The summed E-state index contributed by atoms with van der Waals surface area (Å²) < 4.78 is 31.0. The van der Waals surface area contributed by atoms with E-state index in [1.54, 1.807) is 49.6 Å². The SMILES string of the molecule is COc1cc(Cl)c(C)cc1CS(=O)(=O)c1ccc(NC(=O)NCc2cccnc2)cc1. The number of anilines is 1. The number of sulfone groups is 1. The second-order valence-electron chi connectivity index (χ2n) is 6.87. The summed E-state index contributed by atoms with van der Waals surface area (Å²) in [5, 5.41) is 5.90. The Labute approximate surface area is 186 Å². The highest BCUT2D eigenvalue weighted by Crippen LogP contribution is 2.30. The molecule has 31 heavy (non-hydrogen) atoms. The van der Waals surface area contributed by atoms with Gasteiger partial charge in [0.05, 0.1) is 17.8 Å². The number of urea groups is 1. The second kappa shape index (κ2) is 9.80. The lowest BCUT2D eigenvalue weighted by Gasteiger charge is -2.12. The Kier molecular flexibility index (Phi) is 7.14. The van der Waals surface area contributed by atoms with E-state index in [0.29, 0.717) is 28.6 Å². The van der Waals surface area contributed by atoms with E-state index in [9.17, 15) is 13.2 Å². The van der Waals surface area contributed by atoms with Crippen LogP contribution in [0.2, 0.25) is 5.02 Å². The number of aryl methyl sites for hydroxylation is 1. The molecule has 0 fully saturated rings. The maximum Gasteiger partial charge on any atom is 0.319 e. The van der Waals surface area contributed by atoms with E-state index in [0.717, 1.165) is 11.1 Å². The van der Waals surface area contributed by atoms with E-state index in [1.165, 1.54) is 19.2 Å². The van der Waals surface area contributed by atoms with E-state index in [-0.39, 0.29) is 10.6 Å². The average molecular weight is 460 g/mol. The molecule has 2 amide bonds. The Morgan fingerprint density at radius 1 is 1.16 bits per heavy atom. The van der Waals surface area contributed by atoms with Gasteiger partial charge in [0.15, 0.2) is 9.84 Å². The minimum atomic E-state index is -3.63. The molecule has 7 nitrogen and oxygen atoms in total. The second-order valence-corrected chi connectivity index (χ2v) is 9.26. The van der Waals surface area contributed by atoms with Crippen molar-refractivity contribution in [2.45, 2.75) is 24.1 Å². The van der Waals surface area contributed by atoms with Gasteiger partial charge in [0.25, 0.3) is 0 Å². The quantitative estimate of drug-likeness (QED) is 0.547. The Balaban J connectivity index is 1.66. The molecule has 0 spiro atoms. The lowest BCUT2D eigenvalue weighted by Crippen LogP contribution is -2.28. The van der Waals surface area contributed by atoms with E-state index in [4.69, 9.17) is 16.3 Å². The smallest absolute Gasteiger partial charge is 0.319 e. The molecule has 2 aromatic carbocycles. The molecule has 3 aromatic rings. The lowest BCUT2D eigenvalue weighted by molar-refractivity contribution is 0.251. The highest BCUT2D eigenvalue weighted by molar-refractivity contribution is 7.90. The van der Waals surface area contributed by atoms with E-state index in [1.807, 2.05) is 6.07 Å². The molecular formula is C22H22ClN3O4S. The summed E-state index contributed by atoms with van der Waals surface area (Å²) in [5.74, 6) is 0.190. The first kappa shape index (κ1) is 22.6. The van der Waals surface area contributed by atoms with Gasteiger partial charge in [-0.25, -0.2) is 13.2 Å². The molecule has 162 valence electrons. The highest BCUT2D eigenvalue weighted by Gasteiger charge is 2.19. The zero-order valence-electron chi connectivity index (χ0n) is 17.1. The maximum atomic E-state index is 12.9. The number of carbonyl (C=O) groups is 1. The minimum Gasteiger partial charge on any atom is -0.496 e. The lowest BCUT2D eigenvalue weighted by atomic mass is 10.1. The Hall–Kier alpha value is -3.10. The van der Waals surface area contributed by atoms with Gasteiger partial charge in [-0.15, -0.1) is 0 Å². The molecule has 0 aliphatic rings. The third kappa shape index (κ3) is 5.96. The number of hydrogen-bond donors (Lipinski definition) is 2. The first-order valence-corrected chi connectivity index (χ1v) is 11.4. The minimum absolute atomic E-state index is 0.142. The fraction of sp³-hybridized carbons (Fsp3) is 0.182. The zero-order chi connectivity index (χ0) is 22.4. The number of ether oxygens (including phenoxy) is 1. The number of benzene rings is 2. The van der Waals surface area contributed by atoms with Gasteiger partial charge in [-0.3, -0.25) is 4.98 Å². The predicted molar refractivity (Wildman–Crippen MR) is 120 cm³/mol. The van der Waals surface area contributed by atoms with Gasteiger partial charge >= 0.3 is 6.03 Å². The first-order valence-electron chi connectivity index (χ1n) is 9.38. The normalized spacial score (nSPS) is 11.1. The van der Waals surface area contributed by atoms with Crippen LogP contribution in [0.3, 0.4) is 0 Å². The van der Waals surface area contributed by atoms with Gasteiger partial charge in [0.2, 0.25) is 0 Å².